The summed E-state index contributed by atoms with van der Waals surface area (Å²) >= 11 is 0. The van der Waals surface area contributed by atoms with Crippen molar-refractivity contribution in [3.63, 3.8) is 0 Å². The Morgan fingerprint density at radius 2 is 1.76 bits per heavy atom. The summed E-state index contributed by atoms with van der Waals surface area (Å²) in [5.41, 5.74) is 5.17. The summed E-state index contributed by atoms with van der Waals surface area (Å²) in [6, 6.07) is 3.71. The second kappa shape index (κ2) is 6.65. The molecule has 1 rings (SSSR count). The van der Waals surface area contributed by atoms with E-state index in [0.29, 0.717) is 0 Å². The third-order valence-corrected chi connectivity index (χ3v) is 2.93. The lowest BCUT2D eigenvalue weighted by atomic mass is 10.0. The van der Waals surface area contributed by atoms with Gasteiger partial charge >= 0.3 is 12.4 Å². The van der Waals surface area contributed by atoms with Crippen LogP contribution in [0.15, 0.2) is 24.3 Å². The highest BCUT2D eigenvalue weighted by Crippen LogP contribution is 2.30. The Morgan fingerprint density at radius 3 is 2.29 bits per heavy atom. The molecule has 0 aliphatic rings. The number of hydrogen-bond acceptors (Lipinski definition) is 2. The van der Waals surface area contributed by atoms with E-state index >= 15 is 0 Å². The van der Waals surface area contributed by atoms with E-state index in [9.17, 15) is 26.3 Å². The molecule has 0 amide bonds. The molecule has 120 valence electrons. The topological polar surface area (TPSA) is 29.3 Å². The molecule has 0 bridgehead atoms. The fraction of sp³-hybridized carbons (Fsp3) is 0.538. The maximum Gasteiger partial charge on any atom is 0.416 e. The van der Waals surface area contributed by atoms with E-state index in [2.05, 4.69) is 0 Å². The Balaban J connectivity index is 2.65. The standard InChI is InChI=1S/C13H16F6N2/c1-21(6-5-12(14,15)16)8-11(20)9-3-2-4-10(7-9)13(17,18)19/h2-4,7,11H,5-6,8,20H2,1H3. The predicted molar refractivity (Wildman–Crippen MR) is 66.5 cm³/mol. The summed E-state index contributed by atoms with van der Waals surface area (Å²) in [5, 5.41) is 0. The molecule has 0 heterocycles. The molecule has 0 radical (unpaired) electrons. The Bertz CT molecular complexity index is 455. The molecule has 0 aliphatic carbocycles. The molecule has 0 saturated heterocycles. The molecule has 0 fully saturated rings. The zero-order chi connectivity index (χ0) is 16.3. The van der Waals surface area contributed by atoms with E-state index in [1.165, 1.54) is 24.1 Å². The van der Waals surface area contributed by atoms with Crippen molar-refractivity contribution in [3.8, 4) is 0 Å². The third kappa shape index (κ3) is 6.34. The van der Waals surface area contributed by atoms with Gasteiger partial charge in [0.05, 0.1) is 12.0 Å². The Morgan fingerprint density at radius 1 is 1.14 bits per heavy atom. The Hall–Kier alpha value is -1.28. The van der Waals surface area contributed by atoms with Gasteiger partial charge in [0, 0.05) is 19.1 Å². The van der Waals surface area contributed by atoms with Crippen molar-refractivity contribution in [2.75, 3.05) is 20.1 Å². The fourth-order valence-corrected chi connectivity index (χ4v) is 1.80. The van der Waals surface area contributed by atoms with Crippen molar-refractivity contribution in [1.82, 2.24) is 4.90 Å². The second-order valence-electron chi connectivity index (χ2n) is 4.86. The molecule has 1 unspecified atom stereocenters. The Kier molecular flexibility index (Phi) is 5.63. The number of likely N-dealkylation sites (N-methyl/N-ethyl adjacent to an activating group) is 1. The van der Waals surface area contributed by atoms with E-state index in [1.807, 2.05) is 0 Å². The van der Waals surface area contributed by atoms with Crippen LogP contribution in [0.1, 0.15) is 23.6 Å². The first kappa shape index (κ1) is 17.8. The van der Waals surface area contributed by atoms with Crippen LogP contribution in [-0.4, -0.2) is 31.2 Å². The lowest BCUT2D eigenvalue weighted by Gasteiger charge is -2.22. The molecule has 21 heavy (non-hydrogen) atoms. The summed E-state index contributed by atoms with van der Waals surface area (Å²) in [6.45, 7) is -0.215. The van der Waals surface area contributed by atoms with Gasteiger partial charge < -0.3 is 10.6 Å². The van der Waals surface area contributed by atoms with Crippen LogP contribution in [0.3, 0.4) is 0 Å². The summed E-state index contributed by atoms with van der Waals surface area (Å²) in [6.07, 6.45) is -9.73. The predicted octanol–water partition coefficient (Wildman–Crippen LogP) is 3.59. The van der Waals surface area contributed by atoms with Gasteiger partial charge in [-0.2, -0.15) is 26.3 Å². The Labute approximate surface area is 118 Å². The van der Waals surface area contributed by atoms with Crippen molar-refractivity contribution >= 4 is 0 Å². The van der Waals surface area contributed by atoms with Crippen molar-refractivity contribution < 1.29 is 26.3 Å². The van der Waals surface area contributed by atoms with Gasteiger partial charge in [-0.1, -0.05) is 12.1 Å². The zero-order valence-electron chi connectivity index (χ0n) is 11.3. The van der Waals surface area contributed by atoms with Gasteiger partial charge in [-0.25, -0.2) is 0 Å². The van der Waals surface area contributed by atoms with E-state index in [1.54, 1.807) is 0 Å². The SMILES string of the molecule is CN(CCC(F)(F)F)CC(N)c1cccc(C(F)(F)F)c1. The maximum atomic E-state index is 12.6. The fourth-order valence-electron chi connectivity index (χ4n) is 1.80. The van der Waals surface area contributed by atoms with Gasteiger partial charge in [-0.15, -0.1) is 0 Å². The van der Waals surface area contributed by atoms with Gasteiger partial charge in [-0.05, 0) is 24.7 Å². The number of alkyl halides is 6. The average Bonchev–Trinajstić information content (AvgIpc) is 2.34. The number of halogens is 6. The van der Waals surface area contributed by atoms with Crippen LogP contribution in [0.4, 0.5) is 26.3 Å². The first-order valence-electron chi connectivity index (χ1n) is 6.17. The molecule has 1 atom stereocenters. The first-order chi connectivity index (χ1) is 9.49. The normalized spacial score (nSPS) is 14.5. The highest BCUT2D eigenvalue weighted by atomic mass is 19.4. The number of nitrogens with two attached hydrogens (primary N) is 1. The lowest BCUT2D eigenvalue weighted by molar-refractivity contribution is -0.138. The largest absolute Gasteiger partial charge is 0.416 e. The molecule has 1 aromatic carbocycles. The van der Waals surface area contributed by atoms with Crippen LogP contribution in [0.5, 0.6) is 0 Å². The first-order valence-corrected chi connectivity index (χ1v) is 6.17. The monoisotopic (exact) mass is 314 g/mol. The molecule has 0 aliphatic heterocycles. The number of benzene rings is 1. The number of rotatable bonds is 5. The summed E-state index contributed by atoms with van der Waals surface area (Å²) in [4.78, 5) is 1.35. The average molecular weight is 314 g/mol. The van der Waals surface area contributed by atoms with Gasteiger partial charge in [0.1, 0.15) is 0 Å². The van der Waals surface area contributed by atoms with E-state index < -0.39 is 30.4 Å². The lowest BCUT2D eigenvalue weighted by Crippen LogP contribution is -2.32. The number of nitrogens with zero attached hydrogens (tertiary/aromatic N) is 1. The van der Waals surface area contributed by atoms with Gasteiger partial charge in [0.25, 0.3) is 0 Å². The zero-order valence-corrected chi connectivity index (χ0v) is 11.3. The van der Waals surface area contributed by atoms with Crippen molar-refractivity contribution in [2.24, 2.45) is 5.73 Å². The van der Waals surface area contributed by atoms with Crippen LogP contribution in [0.2, 0.25) is 0 Å². The van der Waals surface area contributed by atoms with E-state index in [-0.39, 0.29) is 18.7 Å². The molecule has 0 spiro atoms. The highest BCUT2D eigenvalue weighted by molar-refractivity contribution is 5.28. The molecule has 8 heteroatoms. The van der Waals surface area contributed by atoms with Crippen LogP contribution in [0, 0.1) is 0 Å². The summed E-state index contributed by atoms with van der Waals surface area (Å²) in [7, 11) is 1.44. The minimum absolute atomic E-state index is 0.0391. The van der Waals surface area contributed by atoms with Crippen LogP contribution < -0.4 is 5.73 Å². The maximum absolute atomic E-state index is 12.6. The molecular formula is C13H16F6N2. The van der Waals surface area contributed by atoms with Gasteiger partial charge in [-0.3, -0.25) is 0 Å². The minimum Gasteiger partial charge on any atom is -0.323 e. The second-order valence-corrected chi connectivity index (χ2v) is 4.86. The minimum atomic E-state index is -4.47. The smallest absolute Gasteiger partial charge is 0.323 e. The van der Waals surface area contributed by atoms with E-state index in [4.69, 9.17) is 5.73 Å². The van der Waals surface area contributed by atoms with Crippen LogP contribution >= 0.6 is 0 Å². The van der Waals surface area contributed by atoms with E-state index in [0.717, 1.165) is 12.1 Å². The molecule has 2 nitrogen and oxygen atoms in total. The van der Waals surface area contributed by atoms with Crippen molar-refractivity contribution in [2.45, 2.75) is 24.8 Å². The van der Waals surface area contributed by atoms with Crippen LogP contribution in [0.25, 0.3) is 0 Å². The molecule has 0 saturated carbocycles. The van der Waals surface area contributed by atoms with Gasteiger partial charge in [0.15, 0.2) is 0 Å². The van der Waals surface area contributed by atoms with Crippen molar-refractivity contribution in [3.05, 3.63) is 35.4 Å². The molecular weight excluding hydrogens is 298 g/mol. The summed E-state index contributed by atoms with van der Waals surface area (Å²) < 4.78 is 73.9. The van der Waals surface area contributed by atoms with Crippen molar-refractivity contribution in [1.29, 1.82) is 0 Å². The summed E-state index contributed by atoms with van der Waals surface area (Å²) in [5.74, 6) is 0. The third-order valence-electron chi connectivity index (χ3n) is 2.93. The molecule has 1 aromatic rings. The highest BCUT2D eigenvalue weighted by Gasteiger charge is 2.31. The quantitative estimate of drug-likeness (QED) is 0.842. The van der Waals surface area contributed by atoms with Crippen LogP contribution in [-0.2, 0) is 6.18 Å². The molecule has 0 aromatic heterocycles. The number of hydrogen-bond donors (Lipinski definition) is 1. The van der Waals surface area contributed by atoms with Gasteiger partial charge in [0.2, 0.25) is 0 Å². The molecule has 2 N–H and O–H groups in total.